The van der Waals surface area contributed by atoms with E-state index in [-0.39, 0.29) is 0 Å². The summed E-state index contributed by atoms with van der Waals surface area (Å²) >= 11 is 0. The van der Waals surface area contributed by atoms with Gasteiger partial charge in [-0.05, 0) is 85.5 Å². The number of rotatable bonds is 0. The van der Waals surface area contributed by atoms with Gasteiger partial charge < -0.3 is 5.11 Å². The largest absolute Gasteiger partial charge is 0.513 e. The van der Waals surface area contributed by atoms with Gasteiger partial charge in [-0.1, -0.05) is 20.3 Å². The van der Waals surface area contributed by atoms with Crippen molar-refractivity contribution in [3.63, 3.8) is 0 Å². The lowest BCUT2D eigenvalue weighted by Crippen LogP contribution is -2.51. The van der Waals surface area contributed by atoms with Crippen LogP contribution in [0, 0.1) is 34.5 Å². The molecule has 0 amide bonds. The lowest BCUT2D eigenvalue weighted by molar-refractivity contribution is -0.0909. The molecular formula is C19H30O. The Labute approximate surface area is 123 Å². The zero-order valence-electron chi connectivity index (χ0n) is 13.2. The predicted molar refractivity (Wildman–Crippen MR) is 82.4 cm³/mol. The summed E-state index contributed by atoms with van der Waals surface area (Å²) in [5, 5.41) is 9.91. The van der Waals surface area contributed by atoms with Crippen LogP contribution < -0.4 is 0 Å². The Bertz CT molecular complexity index is 439. The van der Waals surface area contributed by atoms with Crippen LogP contribution in [0.1, 0.15) is 71.6 Å². The molecule has 0 aromatic heterocycles. The van der Waals surface area contributed by atoms with Gasteiger partial charge in [0.05, 0.1) is 5.76 Å². The molecule has 1 heteroatoms. The van der Waals surface area contributed by atoms with Gasteiger partial charge in [0.1, 0.15) is 0 Å². The van der Waals surface area contributed by atoms with Crippen molar-refractivity contribution < 1.29 is 5.11 Å². The second-order valence-electron chi connectivity index (χ2n) is 8.85. The zero-order chi connectivity index (χ0) is 14.0. The molecule has 1 nitrogen and oxygen atoms in total. The van der Waals surface area contributed by atoms with Crippen LogP contribution in [-0.4, -0.2) is 5.11 Å². The van der Waals surface area contributed by atoms with Gasteiger partial charge in [0.15, 0.2) is 0 Å². The SMILES string of the molecule is C[C@@]12CCC[C@@H]1[C@@H]1CC[C@@H]3CC(O)=CC[C@]3(C)[C@H]1CC2. The molecule has 3 saturated carbocycles. The zero-order valence-corrected chi connectivity index (χ0v) is 13.2. The first kappa shape index (κ1) is 13.2. The van der Waals surface area contributed by atoms with Gasteiger partial charge in [0.25, 0.3) is 0 Å². The normalized spacial score (nSPS) is 54.6. The van der Waals surface area contributed by atoms with Crippen molar-refractivity contribution in [2.24, 2.45) is 34.5 Å². The molecule has 4 rings (SSSR count). The highest BCUT2D eigenvalue weighted by atomic mass is 16.3. The molecule has 0 aliphatic heterocycles. The summed E-state index contributed by atoms with van der Waals surface area (Å²) in [4.78, 5) is 0. The molecule has 0 heterocycles. The second kappa shape index (κ2) is 4.27. The summed E-state index contributed by atoms with van der Waals surface area (Å²) < 4.78 is 0. The van der Waals surface area contributed by atoms with Crippen LogP contribution in [0.25, 0.3) is 0 Å². The Morgan fingerprint density at radius 3 is 2.75 bits per heavy atom. The van der Waals surface area contributed by atoms with Crippen LogP contribution in [0.15, 0.2) is 11.8 Å². The highest BCUT2D eigenvalue weighted by Gasteiger charge is 2.57. The first-order valence-corrected chi connectivity index (χ1v) is 8.91. The van der Waals surface area contributed by atoms with Gasteiger partial charge in [0.2, 0.25) is 0 Å². The number of hydrogen-bond donors (Lipinski definition) is 1. The minimum Gasteiger partial charge on any atom is -0.513 e. The van der Waals surface area contributed by atoms with Gasteiger partial charge in [-0.15, -0.1) is 0 Å². The molecule has 0 aromatic carbocycles. The van der Waals surface area contributed by atoms with Crippen LogP contribution in [0.3, 0.4) is 0 Å². The number of aliphatic hydroxyl groups is 1. The van der Waals surface area contributed by atoms with Crippen molar-refractivity contribution in [2.45, 2.75) is 71.6 Å². The standard InChI is InChI=1S/C19H30O/c1-18-9-3-4-16(18)15-6-5-13-12-14(20)7-11-19(13,2)17(15)8-10-18/h7,13,15-17,20H,3-6,8-12H2,1-2H3/t13-,15+,16-,17+,18+,19+/m1/s1. The van der Waals surface area contributed by atoms with Gasteiger partial charge >= 0.3 is 0 Å². The third-order valence-electron chi connectivity index (χ3n) is 8.08. The molecule has 1 N–H and O–H groups in total. The van der Waals surface area contributed by atoms with E-state index >= 15 is 0 Å². The smallest absolute Gasteiger partial charge is 0.0886 e. The van der Waals surface area contributed by atoms with Crippen molar-refractivity contribution in [1.82, 2.24) is 0 Å². The number of aliphatic hydroxyl groups excluding tert-OH is 1. The summed E-state index contributed by atoms with van der Waals surface area (Å²) in [6.07, 6.45) is 14.4. The highest BCUT2D eigenvalue weighted by Crippen LogP contribution is 2.65. The minimum absolute atomic E-state index is 0.485. The number of allylic oxidation sites excluding steroid dienone is 2. The Hall–Kier alpha value is -0.460. The summed E-state index contributed by atoms with van der Waals surface area (Å²) in [6, 6.07) is 0. The third-order valence-corrected chi connectivity index (χ3v) is 8.08. The van der Waals surface area contributed by atoms with E-state index < -0.39 is 0 Å². The fraction of sp³-hybridized carbons (Fsp3) is 0.895. The van der Waals surface area contributed by atoms with E-state index in [2.05, 4.69) is 19.9 Å². The summed E-state index contributed by atoms with van der Waals surface area (Å²) in [7, 11) is 0. The maximum atomic E-state index is 9.91. The highest BCUT2D eigenvalue weighted by molar-refractivity contribution is 5.13. The maximum Gasteiger partial charge on any atom is 0.0886 e. The van der Waals surface area contributed by atoms with E-state index in [4.69, 9.17) is 0 Å². The van der Waals surface area contributed by atoms with Crippen LogP contribution in [-0.2, 0) is 0 Å². The Morgan fingerprint density at radius 2 is 1.90 bits per heavy atom. The molecule has 0 radical (unpaired) electrons. The van der Waals surface area contributed by atoms with Crippen molar-refractivity contribution in [3.8, 4) is 0 Å². The predicted octanol–water partition coefficient (Wildman–Crippen LogP) is 5.47. The molecular weight excluding hydrogens is 244 g/mol. The van der Waals surface area contributed by atoms with Crippen LogP contribution in [0.2, 0.25) is 0 Å². The molecule has 3 fully saturated rings. The molecule has 0 bridgehead atoms. The molecule has 4 aliphatic carbocycles. The van der Waals surface area contributed by atoms with E-state index in [0.29, 0.717) is 16.6 Å². The van der Waals surface area contributed by atoms with Crippen LogP contribution >= 0.6 is 0 Å². The topological polar surface area (TPSA) is 20.2 Å². The van der Waals surface area contributed by atoms with E-state index in [1.54, 1.807) is 0 Å². The first-order valence-electron chi connectivity index (χ1n) is 8.91. The fourth-order valence-electron chi connectivity index (χ4n) is 6.85. The summed E-state index contributed by atoms with van der Waals surface area (Å²) in [5.41, 5.74) is 1.16. The van der Waals surface area contributed by atoms with E-state index in [1.807, 2.05) is 0 Å². The van der Waals surface area contributed by atoms with Gasteiger partial charge in [-0.25, -0.2) is 0 Å². The van der Waals surface area contributed by atoms with Gasteiger partial charge in [0, 0.05) is 6.42 Å². The average molecular weight is 274 g/mol. The van der Waals surface area contributed by atoms with Gasteiger partial charge in [-0.2, -0.15) is 0 Å². The Balaban J connectivity index is 1.66. The quantitative estimate of drug-likeness (QED) is 0.621. The van der Waals surface area contributed by atoms with Crippen molar-refractivity contribution in [3.05, 3.63) is 11.8 Å². The van der Waals surface area contributed by atoms with Crippen molar-refractivity contribution in [2.75, 3.05) is 0 Å². The lowest BCUT2D eigenvalue weighted by atomic mass is 9.46. The second-order valence-corrected chi connectivity index (χ2v) is 8.85. The fourth-order valence-corrected chi connectivity index (χ4v) is 6.85. The molecule has 0 aromatic rings. The third kappa shape index (κ3) is 1.67. The molecule has 0 unspecified atom stereocenters. The summed E-state index contributed by atoms with van der Waals surface area (Å²) in [5.74, 6) is 4.36. The van der Waals surface area contributed by atoms with Crippen molar-refractivity contribution in [1.29, 1.82) is 0 Å². The molecule has 0 spiro atoms. The van der Waals surface area contributed by atoms with E-state index in [9.17, 15) is 5.11 Å². The Morgan fingerprint density at radius 1 is 1.05 bits per heavy atom. The number of fused-ring (bicyclic) bond motifs is 5. The van der Waals surface area contributed by atoms with E-state index in [1.165, 1.54) is 44.9 Å². The molecule has 112 valence electrons. The average Bonchev–Trinajstić information content (AvgIpc) is 2.81. The van der Waals surface area contributed by atoms with Crippen LogP contribution in [0.5, 0.6) is 0 Å². The molecule has 4 aliphatic rings. The molecule has 20 heavy (non-hydrogen) atoms. The van der Waals surface area contributed by atoms with E-state index in [0.717, 1.165) is 36.5 Å². The monoisotopic (exact) mass is 274 g/mol. The number of hydrogen-bond acceptors (Lipinski definition) is 1. The maximum absolute atomic E-state index is 9.91. The minimum atomic E-state index is 0.485. The Kier molecular flexibility index (Phi) is 2.82. The van der Waals surface area contributed by atoms with Crippen LogP contribution in [0.4, 0.5) is 0 Å². The molecule has 6 atom stereocenters. The van der Waals surface area contributed by atoms with Gasteiger partial charge in [-0.3, -0.25) is 0 Å². The summed E-state index contributed by atoms with van der Waals surface area (Å²) in [6.45, 7) is 5.14. The first-order chi connectivity index (χ1) is 9.53. The lowest BCUT2D eigenvalue weighted by Gasteiger charge is -2.59. The molecule has 0 saturated heterocycles. The van der Waals surface area contributed by atoms with Crippen molar-refractivity contribution >= 4 is 0 Å².